The number of aryl methyl sites for hydroxylation is 1. The van der Waals surface area contributed by atoms with Crippen LogP contribution in [-0.2, 0) is 11.3 Å². The number of hydrogen-bond donors (Lipinski definition) is 0. The molecule has 72 valence electrons. The highest BCUT2D eigenvalue weighted by Gasteiger charge is 2.14. The minimum absolute atomic E-state index is 0.660. The highest BCUT2D eigenvalue weighted by atomic mass is 16.5. The maximum absolute atomic E-state index is 5.43. The van der Waals surface area contributed by atoms with Gasteiger partial charge in [-0.3, -0.25) is 4.68 Å². The Hall–Kier alpha value is -0.830. The molecule has 1 aliphatic rings. The zero-order valence-electron chi connectivity index (χ0n) is 8.07. The van der Waals surface area contributed by atoms with E-state index >= 15 is 0 Å². The molecule has 1 unspecified atom stereocenters. The Balaban J connectivity index is 1.93. The summed E-state index contributed by atoms with van der Waals surface area (Å²) < 4.78 is 7.50. The molecular weight excluding hydrogens is 164 g/mol. The lowest BCUT2D eigenvalue weighted by atomic mass is 10.0. The molecule has 2 heterocycles. The van der Waals surface area contributed by atoms with Crippen LogP contribution in [-0.4, -0.2) is 23.0 Å². The van der Waals surface area contributed by atoms with E-state index in [4.69, 9.17) is 4.74 Å². The molecule has 0 spiro atoms. The lowest BCUT2D eigenvalue weighted by Crippen LogP contribution is -2.22. The van der Waals surface area contributed by atoms with E-state index in [1.807, 2.05) is 12.3 Å². The van der Waals surface area contributed by atoms with E-state index in [1.54, 1.807) is 0 Å². The van der Waals surface area contributed by atoms with E-state index in [-0.39, 0.29) is 0 Å². The Morgan fingerprint density at radius 2 is 2.62 bits per heavy atom. The van der Waals surface area contributed by atoms with E-state index in [2.05, 4.69) is 16.7 Å². The Kier molecular flexibility index (Phi) is 2.64. The molecule has 0 amide bonds. The van der Waals surface area contributed by atoms with Gasteiger partial charge in [-0.1, -0.05) is 0 Å². The molecule has 13 heavy (non-hydrogen) atoms. The highest BCUT2D eigenvalue weighted by molar-refractivity contribution is 4.96. The van der Waals surface area contributed by atoms with Crippen molar-refractivity contribution in [2.75, 3.05) is 13.2 Å². The Morgan fingerprint density at radius 1 is 1.69 bits per heavy atom. The third-order valence-corrected chi connectivity index (χ3v) is 2.61. The summed E-state index contributed by atoms with van der Waals surface area (Å²) in [5.41, 5.74) is 1.24. The van der Waals surface area contributed by atoms with Crippen LogP contribution < -0.4 is 0 Å². The van der Waals surface area contributed by atoms with Crippen molar-refractivity contribution >= 4 is 0 Å². The highest BCUT2D eigenvalue weighted by Crippen LogP contribution is 2.15. The first-order chi connectivity index (χ1) is 6.36. The van der Waals surface area contributed by atoms with Gasteiger partial charge in [0, 0.05) is 31.0 Å². The monoisotopic (exact) mass is 180 g/mol. The molecule has 3 heteroatoms. The molecular formula is C10H16N2O. The van der Waals surface area contributed by atoms with E-state index in [9.17, 15) is 0 Å². The van der Waals surface area contributed by atoms with Crippen molar-refractivity contribution < 1.29 is 4.74 Å². The largest absolute Gasteiger partial charge is 0.381 e. The van der Waals surface area contributed by atoms with E-state index < -0.39 is 0 Å². The molecule has 0 radical (unpaired) electrons. The molecule has 1 saturated heterocycles. The van der Waals surface area contributed by atoms with Crippen molar-refractivity contribution in [3.05, 3.63) is 18.0 Å². The molecule has 2 rings (SSSR count). The van der Waals surface area contributed by atoms with Crippen LogP contribution in [0.25, 0.3) is 0 Å². The van der Waals surface area contributed by atoms with E-state index in [1.165, 1.54) is 18.5 Å². The van der Waals surface area contributed by atoms with Crippen LogP contribution in [0, 0.1) is 12.8 Å². The van der Waals surface area contributed by atoms with Crippen molar-refractivity contribution in [1.82, 2.24) is 9.78 Å². The van der Waals surface area contributed by atoms with Crippen molar-refractivity contribution in [2.45, 2.75) is 26.3 Å². The van der Waals surface area contributed by atoms with Gasteiger partial charge in [0.15, 0.2) is 0 Å². The van der Waals surface area contributed by atoms with Gasteiger partial charge in [0.25, 0.3) is 0 Å². The number of rotatable bonds is 2. The normalized spacial score (nSPS) is 23.3. The van der Waals surface area contributed by atoms with Crippen molar-refractivity contribution in [3.63, 3.8) is 0 Å². The summed E-state index contributed by atoms with van der Waals surface area (Å²) >= 11 is 0. The Labute approximate surface area is 78.7 Å². The van der Waals surface area contributed by atoms with Crippen LogP contribution in [0.1, 0.15) is 18.5 Å². The first-order valence-corrected chi connectivity index (χ1v) is 4.92. The molecule has 0 N–H and O–H groups in total. The maximum Gasteiger partial charge on any atom is 0.0511 e. The van der Waals surface area contributed by atoms with Gasteiger partial charge in [-0.25, -0.2) is 0 Å². The molecule has 1 aliphatic heterocycles. The predicted octanol–water partition coefficient (Wildman–Crippen LogP) is 1.62. The van der Waals surface area contributed by atoms with Crippen LogP contribution in [0.3, 0.4) is 0 Å². The Morgan fingerprint density at radius 3 is 3.23 bits per heavy atom. The summed E-state index contributed by atoms with van der Waals surface area (Å²) in [7, 11) is 0. The zero-order valence-corrected chi connectivity index (χ0v) is 8.07. The van der Waals surface area contributed by atoms with Gasteiger partial charge in [-0.2, -0.15) is 5.10 Å². The molecule has 0 aromatic carbocycles. The quantitative estimate of drug-likeness (QED) is 0.691. The number of aromatic nitrogens is 2. The second-order valence-corrected chi connectivity index (χ2v) is 3.74. The third-order valence-electron chi connectivity index (χ3n) is 2.61. The third kappa shape index (κ3) is 2.10. The SMILES string of the molecule is Cc1ccnn1CC1CCCOC1. The zero-order chi connectivity index (χ0) is 9.10. The lowest BCUT2D eigenvalue weighted by molar-refractivity contribution is 0.0467. The van der Waals surface area contributed by atoms with Gasteiger partial charge in [-0.15, -0.1) is 0 Å². The average molecular weight is 180 g/mol. The van der Waals surface area contributed by atoms with E-state index in [0.717, 1.165) is 19.8 Å². The number of nitrogens with zero attached hydrogens (tertiary/aromatic N) is 2. The standard InChI is InChI=1S/C10H16N2O/c1-9-4-5-11-12(9)7-10-3-2-6-13-8-10/h4-5,10H,2-3,6-8H2,1H3. The topological polar surface area (TPSA) is 27.1 Å². The molecule has 0 aliphatic carbocycles. The molecule has 1 aromatic rings. The molecule has 1 fully saturated rings. The lowest BCUT2D eigenvalue weighted by Gasteiger charge is -2.22. The summed E-state index contributed by atoms with van der Waals surface area (Å²) in [6, 6.07) is 2.05. The fourth-order valence-electron chi connectivity index (χ4n) is 1.79. The minimum atomic E-state index is 0.660. The fourth-order valence-corrected chi connectivity index (χ4v) is 1.79. The van der Waals surface area contributed by atoms with Gasteiger partial charge in [0.05, 0.1) is 6.61 Å². The van der Waals surface area contributed by atoms with Gasteiger partial charge in [0.2, 0.25) is 0 Å². The summed E-state index contributed by atoms with van der Waals surface area (Å²) in [5, 5.41) is 4.27. The van der Waals surface area contributed by atoms with Crippen LogP contribution >= 0.6 is 0 Å². The molecule has 0 saturated carbocycles. The minimum Gasteiger partial charge on any atom is -0.381 e. The molecule has 1 atom stereocenters. The summed E-state index contributed by atoms with van der Waals surface area (Å²) in [5.74, 6) is 0.660. The summed E-state index contributed by atoms with van der Waals surface area (Å²) in [6.07, 6.45) is 4.34. The number of hydrogen-bond acceptors (Lipinski definition) is 2. The van der Waals surface area contributed by atoms with Crippen molar-refractivity contribution in [2.24, 2.45) is 5.92 Å². The predicted molar refractivity (Wildman–Crippen MR) is 50.5 cm³/mol. The van der Waals surface area contributed by atoms with Gasteiger partial charge in [-0.05, 0) is 25.8 Å². The van der Waals surface area contributed by atoms with Gasteiger partial charge >= 0.3 is 0 Å². The van der Waals surface area contributed by atoms with Crippen molar-refractivity contribution in [3.8, 4) is 0 Å². The second kappa shape index (κ2) is 3.92. The van der Waals surface area contributed by atoms with Crippen LogP contribution in [0.2, 0.25) is 0 Å². The smallest absolute Gasteiger partial charge is 0.0511 e. The molecule has 1 aromatic heterocycles. The van der Waals surface area contributed by atoms with Gasteiger partial charge in [0.1, 0.15) is 0 Å². The second-order valence-electron chi connectivity index (χ2n) is 3.74. The first kappa shape index (κ1) is 8.75. The Bertz CT molecular complexity index is 264. The van der Waals surface area contributed by atoms with Gasteiger partial charge < -0.3 is 4.74 Å². The fraction of sp³-hybridized carbons (Fsp3) is 0.700. The van der Waals surface area contributed by atoms with Crippen LogP contribution in [0.15, 0.2) is 12.3 Å². The van der Waals surface area contributed by atoms with Crippen molar-refractivity contribution in [1.29, 1.82) is 0 Å². The van der Waals surface area contributed by atoms with Crippen LogP contribution in [0.5, 0.6) is 0 Å². The maximum atomic E-state index is 5.43. The van der Waals surface area contributed by atoms with E-state index in [0.29, 0.717) is 5.92 Å². The first-order valence-electron chi connectivity index (χ1n) is 4.92. The number of ether oxygens (including phenoxy) is 1. The average Bonchev–Trinajstić information content (AvgIpc) is 2.54. The molecule has 0 bridgehead atoms. The summed E-state index contributed by atoms with van der Waals surface area (Å²) in [6.45, 7) is 4.95. The molecule has 3 nitrogen and oxygen atoms in total. The summed E-state index contributed by atoms with van der Waals surface area (Å²) in [4.78, 5) is 0. The van der Waals surface area contributed by atoms with Crippen LogP contribution in [0.4, 0.5) is 0 Å².